The minimum absolute atomic E-state index is 0.0183. The van der Waals surface area contributed by atoms with Gasteiger partial charge in [-0.1, -0.05) is 24.3 Å². The van der Waals surface area contributed by atoms with Crippen LogP contribution in [0.4, 0.5) is 13.9 Å². The summed E-state index contributed by atoms with van der Waals surface area (Å²) in [5, 5.41) is 5.40. The van der Waals surface area contributed by atoms with Gasteiger partial charge in [0, 0.05) is 35.2 Å². The molecule has 5 rings (SSSR count). The first-order chi connectivity index (χ1) is 15.4. The van der Waals surface area contributed by atoms with Crippen LogP contribution >= 0.6 is 11.3 Å². The summed E-state index contributed by atoms with van der Waals surface area (Å²) in [6.07, 6.45) is 1.98. The van der Waals surface area contributed by atoms with E-state index in [1.807, 2.05) is 10.3 Å². The highest BCUT2D eigenvalue weighted by atomic mass is 32.1. The van der Waals surface area contributed by atoms with Crippen molar-refractivity contribution in [2.75, 3.05) is 4.90 Å². The van der Waals surface area contributed by atoms with Gasteiger partial charge in [-0.15, -0.1) is 11.3 Å². The van der Waals surface area contributed by atoms with Crippen LogP contribution in [0.3, 0.4) is 0 Å². The van der Waals surface area contributed by atoms with Crippen molar-refractivity contribution in [3.8, 4) is 0 Å². The van der Waals surface area contributed by atoms with Crippen LogP contribution < -0.4 is 10.2 Å². The summed E-state index contributed by atoms with van der Waals surface area (Å²) >= 11 is 1.40. The Hall–Kier alpha value is -3.39. The summed E-state index contributed by atoms with van der Waals surface area (Å²) in [6, 6.07) is 9.89. The van der Waals surface area contributed by atoms with Gasteiger partial charge in [-0.3, -0.25) is 9.59 Å². The maximum absolute atomic E-state index is 14.7. The molecule has 0 spiro atoms. The number of hydrogen-bond donors (Lipinski definition) is 1. The molecule has 1 N–H and O–H groups in total. The smallest absolute Gasteiger partial charge is 0.254 e. The third-order valence-corrected chi connectivity index (χ3v) is 6.71. The van der Waals surface area contributed by atoms with Crippen molar-refractivity contribution < 1.29 is 18.4 Å². The Kier molecular flexibility index (Phi) is 5.09. The lowest BCUT2D eigenvalue weighted by Gasteiger charge is -2.32. The number of Topliss-reactive ketones (excluding diaryl/α,β-unsaturated/α-hetero) is 1. The number of thiazole rings is 1. The quantitative estimate of drug-likeness (QED) is 0.615. The summed E-state index contributed by atoms with van der Waals surface area (Å²) in [7, 11) is 0. The van der Waals surface area contributed by atoms with Gasteiger partial charge in [0.25, 0.3) is 5.91 Å². The van der Waals surface area contributed by atoms with Gasteiger partial charge in [0.05, 0.1) is 18.2 Å². The number of aromatic nitrogens is 1. The van der Waals surface area contributed by atoms with Gasteiger partial charge in [0.2, 0.25) is 0 Å². The zero-order chi connectivity index (χ0) is 22.4. The van der Waals surface area contributed by atoms with Gasteiger partial charge in [-0.2, -0.15) is 0 Å². The number of halogens is 2. The molecule has 1 saturated carbocycles. The fourth-order valence-corrected chi connectivity index (χ4v) is 4.89. The van der Waals surface area contributed by atoms with E-state index in [9.17, 15) is 18.4 Å². The molecule has 1 unspecified atom stereocenters. The molecule has 5 nitrogen and oxygen atoms in total. The summed E-state index contributed by atoms with van der Waals surface area (Å²) in [5.41, 5.74) is 2.39. The lowest BCUT2D eigenvalue weighted by molar-refractivity contribution is -0.116. The zero-order valence-corrected chi connectivity index (χ0v) is 18.0. The van der Waals surface area contributed by atoms with Gasteiger partial charge >= 0.3 is 0 Å². The maximum Gasteiger partial charge on any atom is 0.254 e. The number of amides is 1. The second kappa shape index (κ2) is 7.94. The lowest BCUT2D eigenvalue weighted by Crippen LogP contribution is -2.36. The average Bonchev–Trinajstić information content (AvgIpc) is 3.24. The highest BCUT2D eigenvalue weighted by molar-refractivity contribution is 7.13. The number of benzene rings is 2. The SMILES string of the molecule is CC1=C(C(=O)N[C@H](c2cccc(F)c2)C2CC2=O)c2cccc(F)c2CN1c1nccs1. The number of carbonyl (C=O) groups is 2. The first-order valence-corrected chi connectivity index (χ1v) is 11.1. The minimum Gasteiger partial charge on any atom is -0.344 e. The molecule has 162 valence electrons. The Labute approximate surface area is 187 Å². The largest absolute Gasteiger partial charge is 0.344 e. The Balaban J connectivity index is 1.56. The second-order valence-electron chi connectivity index (χ2n) is 7.91. The molecule has 3 aromatic rings. The molecule has 1 fully saturated rings. The molecule has 1 aromatic heterocycles. The van der Waals surface area contributed by atoms with Crippen molar-refractivity contribution in [3.63, 3.8) is 0 Å². The maximum atomic E-state index is 14.7. The Morgan fingerprint density at radius 2 is 2.03 bits per heavy atom. The van der Waals surface area contributed by atoms with E-state index in [-0.39, 0.29) is 12.3 Å². The number of nitrogens with one attached hydrogen (secondary N) is 1. The summed E-state index contributed by atoms with van der Waals surface area (Å²) in [4.78, 5) is 31.6. The zero-order valence-electron chi connectivity index (χ0n) is 17.1. The molecule has 0 bridgehead atoms. The van der Waals surface area contributed by atoms with E-state index in [1.165, 1.54) is 29.5 Å². The van der Waals surface area contributed by atoms with Crippen LogP contribution in [0.1, 0.15) is 36.1 Å². The molecule has 2 aromatic carbocycles. The van der Waals surface area contributed by atoms with Crippen molar-refractivity contribution in [1.29, 1.82) is 0 Å². The molecule has 32 heavy (non-hydrogen) atoms. The van der Waals surface area contributed by atoms with Crippen molar-refractivity contribution in [2.24, 2.45) is 5.92 Å². The van der Waals surface area contributed by atoms with Crippen LogP contribution in [0, 0.1) is 17.6 Å². The van der Waals surface area contributed by atoms with E-state index in [0.717, 1.165) is 0 Å². The van der Waals surface area contributed by atoms with Crippen molar-refractivity contribution in [1.82, 2.24) is 10.3 Å². The summed E-state index contributed by atoms with van der Waals surface area (Å²) in [6.45, 7) is 2.05. The highest BCUT2D eigenvalue weighted by Gasteiger charge is 2.44. The highest BCUT2D eigenvalue weighted by Crippen LogP contribution is 2.40. The number of anilines is 1. The van der Waals surface area contributed by atoms with Gasteiger partial charge < -0.3 is 10.2 Å². The van der Waals surface area contributed by atoms with E-state index in [4.69, 9.17) is 0 Å². The number of hydrogen-bond acceptors (Lipinski definition) is 5. The van der Waals surface area contributed by atoms with Crippen molar-refractivity contribution in [2.45, 2.75) is 25.9 Å². The van der Waals surface area contributed by atoms with E-state index >= 15 is 0 Å². The number of allylic oxidation sites excluding steroid dienone is 1. The number of ketones is 1. The molecule has 0 radical (unpaired) electrons. The van der Waals surface area contributed by atoms with E-state index in [2.05, 4.69) is 10.3 Å². The minimum atomic E-state index is -0.654. The molecule has 0 saturated heterocycles. The molecule has 2 aliphatic rings. The third kappa shape index (κ3) is 3.60. The Morgan fingerprint density at radius 3 is 2.72 bits per heavy atom. The van der Waals surface area contributed by atoms with Gasteiger partial charge in [-0.25, -0.2) is 13.8 Å². The van der Waals surface area contributed by atoms with Crippen LogP contribution in [-0.2, 0) is 16.1 Å². The Bertz CT molecular complexity index is 1260. The predicted octanol–water partition coefficient (Wildman–Crippen LogP) is 4.62. The summed E-state index contributed by atoms with van der Waals surface area (Å²) in [5.74, 6) is -1.66. The fraction of sp³-hybridized carbons (Fsp3) is 0.208. The number of fused-ring (bicyclic) bond motifs is 1. The van der Waals surface area contributed by atoms with Gasteiger partial charge in [0.15, 0.2) is 5.13 Å². The van der Waals surface area contributed by atoms with Crippen molar-refractivity contribution >= 4 is 33.7 Å². The molecule has 1 amide bonds. The topological polar surface area (TPSA) is 62.3 Å². The molecular formula is C24H19F2N3O2S. The van der Waals surface area contributed by atoms with Crippen LogP contribution in [0.25, 0.3) is 5.57 Å². The number of carbonyl (C=O) groups excluding carboxylic acids is 2. The normalized spacial score (nSPS) is 18.4. The van der Waals surface area contributed by atoms with Crippen LogP contribution in [0.15, 0.2) is 59.7 Å². The number of rotatable bonds is 5. The molecule has 2 atom stereocenters. The first kappa shape index (κ1) is 20.5. The molecule has 2 heterocycles. The fourth-order valence-electron chi connectivity index (χ4n) is 4.20. The van der Waals surface area contributed by atoms with Crippen LogP contribution in [-0.4, -0.2) is 16.7 Å². The molecule has 1 aliphatic heterocycles. The van der Waals surface area contributed by atoms with Gasteiger partial charge in [0.1, 0.15) is 17.4 Å². The molecular weight excluding hydrogens is 432 g/mol. The lowest BCUT2D eigenvalue weighted by atomic mass is 9.92. The summed E-state index contributed by atoms with van der Waals surface area (Å²) < 4.78 is 28.6. The Morgan fingerprint density at radius 1 is 1.25 bits per heavy atom. The van der Waals surface area contributed by atoms with Crippen LogP contribution in [0.5, 0.6) is 0 Å². The van der Waals surface area contributed by atoms with Crippen molar-refractivity contribution in [3.05, 3.63) is 88.1 Å². The predicted molar refractivity (Wildman–Crippen MR) is 118 cm³/mol. The van der Waals surface area contributed by atoms with Crippen LogP contribution in [0.2, 0.25) is 0 Å². The van der Waals surface area contributed by atoms with E-state index in [1.54, 1.807) is 37.4 Å². The standard InChI is InChI=1S/C24H19F2N3O2S/c1-13-21(16-6-3-7-19(26)18(16)12-29(13)24-27-8-9-32-24)23(31)28-22(17-11-20(17)30)14-4-2-5-15(25)10-14/h2-10,17,22H,11-12H2,1H3,(H,28,31)/t17?,22-/m1/s1. The molecule has 8 heteroatoms. The van der Waals surface area contributed by atoms with E-state index in [0.29, 0.717) is 39.5 Å². The number of nitrogens with zero attached hydrogens (tertiary/aromatic N) is 2. The molecule has 1 aliphatic carbocycles. The van der Waals surface area contributed by atoms with Gasteiger partial charge in [-0.05, 0) is 36.2 Å². The third-order valence-electron chi connectivity index (χ3n) is 5.92. The average molecular weight is 451 g/mol. The monoisotopic (exact) mass is 451 g/mol. The first-order valence-electron chi connectivity index (χ1n) is 10.2. The second-order valence-corrected chi connectivity index (χ2v) is 8.78. The van der Waals surface area contributed by atoms with E-state index < -0.39 is 29.5 Å².